The van der Waals surface area contributed by atoms with Gasteiger partial charge in [-0.2, -0.15) is 13.2 Å². The number of hydrogen-bond acceptors (Lipinski definition) is 5. The van der Waals surface area contributed by atoms with Crippen LogP contribution in [-0.4, -0.2) is 27.7 Å². The van der Waals surface area contributed by atoms with Gasteiger partial charge in [0, 0.05) is 5.56 Å². The van der Waals surface area contributed by atoms with Gasteiger partial charge < -0.3 is 9.15 Å². The highest BCUT2D eigenvalue weighted by Crippen LogP contribution is 2.32. The first kappa shape index (κ1) is 16.2. The molecule has 1 aromatic carbocycles. The summed E-state index contributed by atoms with van der Waals surface area (Å²) in [5.41, 5.74) is -0.00155. The van der Waals surface area contributed by atoms with Gasteiger partial charge in [-0.3, -0.25) is 4.98 Å². The molecule has 24 heavy (non-hydrogen) atoms. The van der Waals surface area contributed by atoms with Gasteiger partial charge in [-0.05, 0) is 6.07 Å². The van der Waals surface area contributed by atoms with E-state index < -0.39 is 24.4 Å². The first-order chi connectivity index (χ1) is 11.2. The molecule has 0 saturated heterocycles. The van der Waals surface area contributed by atoms with E-state index in [9.17, 15) is 22.4 Å². The third-order valence-electron chi connectivity index (χ3n) is 2.88. The summed E-state index contributed by atoms with van der Waals surface area (Å²) in [6, 6.07) is 0.974. The lowest BCUT2D eigenvalue weighted by molar-refractivity contribution is -0.154. The highest BCUT2D eigenvalue weighted by atomic mass is 35.5. The van der Waals surface area contributed by atoms with Crippen LogP contribution in [0.25, 0.3) is 22.4 Å². The third kappa shape index (κ3) is 3.18. The van der Waals surface area contributed by atoms with Crippen LogP contribution in [0.1, 0.15) is 0 Å². The number of benzene rings is 1. The molecule has 0 saturated carbocycles. The molecular weight excluding hydrogens is 358 g/mol. The van der Waals surface area contributed by atoms with E-state index >= 15 is 0 Å². The van der Waals surface area contributed by atoms with Crippen molar-refractivity contribution in [3.8, 4) is 17.1 Å². The molecule has 0 unspecified atom stereocenters. The summed E-state index contributed by atoms with van der Waals surface area (Å²) in [6.45, 7) is -1.52. The summed E-state index contributed by atoms with van der Waals surface area (Å²) in [5.74, 6) is -2.05. The Hall–Kier alpha value is -2.62. The summed E-state index contributed by atoms with van der Waals surface area (Å²) >= 11 is 5.74. The fourth-order valence-corrected chi connectivity index (χ4v) is 2.11. The maximum atomic E-state index is 13.8. The number of aromatic amines is 1. The van der Waals surface area contributed by atoms with Crippen molar-refractivity contribution in [3.63, 3.8) is 0 Å². The third-order valence-corrected chi connectivity index (χ3v) is 3.25. The zero-order valence-electron chi connectivity index (χ0n) is 11.4. The van der Waals surface area contributed by atoms with E-state index in [0.29, 0.717) is 0 Å². The lowest BCUT2D eigenvalue weighted by Crippen LogP contribution is -2.19. The molecular formula is C13H6ClF4N3O3. The Morgan fingerprint density at radius 3 is 2.67 bits per heavy atom. The molecule has 1 N–H and O–H groups in total. The molecule has 0 bridgehead atoms. The number of alkyl halides is 3. The summed E-state index contributed by atoms with van der Waals surface area (Å²) in [6.07, 6.45) is -2.52. The van der Waals surface area contributed by atoms with Crippen molar-refractivity contribution in [2.24, 2.45) is 0 Å². The van der Waals surface area contributed by atoms with Gasteiger partial charge in [0.05, 0.1) is 18.1 Å². The molecule has 0 spiro atoms. The Balaban J connectivity index is 1.99. The van der Waals surface area contributed by atoms with E-state index in [2.05, 4.69) is 19.7 Å². The van der Waals surface area contributed by atoms with Crippen LogP contribution < -0.4 is 10.5 Å². The number of hydrogen-bond donors (Lipinski definition) is 1. The van der Waals surface area contributed by atoms with Crippen LogP contribution in [0.3, 0.4) is 0 Å². The van der Waals surface area contributed by atoms with E-state index in [-0.39, 0.29) is 33.3 Å². The number of nitrogens with one attached hydrogen (secondary N) is 1. The van der Waals surface area contributed by atoms with Crippen molar-refractivity contribution < 1.29 is 26.7 Å². The van der Waals surface area contributed by atoms with Crippen molar-refractivity contribution >= 4 is 22.7 Å². The van der Waals surface area contributed by atoms with Gasteiger partial charge in [0.1, 0.15) is 16.4 Å². The van der Waals surface area contributed by atoms with Crippen LogP contribution >= 0.6 is 11.6 Å². The van der Waals surface area contributed by atoms with Crippen LogP contribution in [0.5, 0.6) is 5.88 Å². The monoisotopic (exact) mass is 363 g/mol. The molecule has 3 rings (SSSR count). The largest absolute Gasteiger partial charge is 0.467 e. The smallest absolute Gasteiger partial charge is 0.422 e. The van der Waals surface area contributed by atoms with Crippen molar-refractivity contribution in [2.45, 2.75) is 6.18 Å². The minimum absolute atomic E-state index is 0.0512. The zero-order valence-corrected chi connectivity index (χ0v) is 12.2. The molecule has 0 aliphatic carbocycles. The number of ether oxygens (including phenoxy) is 1. The highest BCUT2D eigenvalue weighted by Gasteiger charge is 2.28. The quantitative estimate of drug-likeness (QED) is 0.722. The Labute approximate surface area is 135 Å². The van der Waals surface area contributed by atoms with E-state index in [0.717, 1.165) is 18.5 Å². The molecule has 0 atom stereocenters. The summed E-state index contributed by atoms with van der Waals surface area (Å²) in [7, 11) is 0. The fourth-order valence-electron chi connectivity index (χ4n) is 1.92. The zero-order chi connectivity index (χ0) is 17.5. The van der Waals surface area contributed by atoms with Crippen molar-refractivity contribution in [2.75, 3.05) is 6.61 Å². The van der Waals surface area contributed by atoms with Crippen LogP contribution in [0.4, 0.5) is 17.6 Å². The number of fused-ring (bicyclic) bond motifs is 1. The van der Waals surface area contributed by atoms with Crippen molar-refractivity contribution in [1.29, 1.82) is 0 Å². The Morgan fingerprint density at radius 1 is 1.29 bits per heavy atom. The SMILES string of the molecule is O=c1[nH]c2c(Cl)c(F)cc(-c3cnc(OCC(F)(F)F)cn3)c2o1. The Bertz CT molecular complexity index is 950. The minimum atomic E-state index is -4.51. The second-order valence-electron chi connectivity index (χ2n) is 4.58. The van der Waals surface area contributed by atoms with Gasteiger partial charge in [-0.1, -0.05) is 11.6 Å². The van der Waals surface area contributed by atoms with Gasteiger partial charge in [-0.15, -0.1) is 0 Å². The predicted octanol–water partition coefficient (Wildman–Crippen LogP) is 3.31. The molecule has 3 aromatic rings. The van der Waals surface area contributed by atoms with Crippen molar-refractivity contribution in [3.05, 3.63) is 39.9 Å². The molecule has 0 fully saturated rings. The second-order valence-corrected chi connectivity index (χ2v) is 4.96. The average molecular weight is 364 g/mol. The normalized spacial score (nSPS) is 11.9. The van der Waals surface area contributed by atoms with E-state index in [4.69, 9.17) is 16.0 Å². The minimum Gasteiger partial charge on any atom is -0.467 e. The molecule has 2 heterocycles. The van der Waals surface area contributed by atoms with Crippen LogP contribution in [0.2, 0.25) is 5.02 Å². The molecule has 0 aliphatic rings. The molecule has 126 valence electrons. The molecule has 11 heteroatoms. The fraction of sp³-hybridized carbons (Fsp3) is 0.154. The first-order valence-electron chi connectivity index (χ1n) is 6.27. The Kier molecular flexibility index (Phi) is 3.91. The Morgan fingerprint density at radius 2 is 2.04 bits per heavy atom. The van der Waals surface area contributed by atoms with Crippen LogP contribution in [0, 0.1) is 5.82 Å². The van der Waals surface area contributed by atoms with E-state index in [1.54, 1.807) is 0 Å². The molecule has 0 radical (unpaired) electrons. The maximum absolute atomic E-state index is 13.8. The summed E-state index contributed by atoms with van der Waals surface area (Å²) in [4.78, 5) is 21.0. The standard InChI is InChI=1S/C13H6ClF4N3O3/c14-9-6(15)1-5(11-10(9)21-12(22)24-11)7-2-20-8(3-19-7)23-4-13(16,17)18/h1-3H,4H2,(H,21,22). The van der Waals surface area contributed by atoms with Crippen LogP contribution in [-0.2, 0) is 0 Å². The number of oxazole rings is 1. The molecule has 6 nitrogen and oxygen atoms in total. The van der Waals surface area contributed by atoms with Crippen molar-refractivity contribution in [1.82, 2.24) is 15.0 Å². The number of H-pyrrole nitrogens is 1. The number of nitrogens with zero attached hydrogens (tertiary/aromatic N) is 2. The average Bonchev–Trinajstić information content (AvgIpc) is 2.91. The van der Waals surface area contributed by atoms with E-state index in [1.807, 2.05) is 0 Å². The highest BCUT2D eigenvalue weighted by molar-refractivity contribution is 6.35. The van der Waals surface area contributed by atoms with Gasteiger partial charge in [0.15, 0.2) is 12.2 Å². The molecule has 2 aromatic heterocycles. The molecule has 0 amide bonds. The predicted molar refractivity (Wildman–Crippen MR) is 74.4 cm³/mol. The summed E-state index contributed by atoms with van der Waals surface area (Å²) in [5, 5.41) is -0.335. The maximum Gasteiger partial charge on any atom is 0.422 e. The molecule has 0 aliphatic heterocycles. The number of halogens is 5. The van der Waals surface area contributed by atoms with Crippen LogP contribution in [0.15, 0.2) is 27.7 Å². The van der Waals surface area contributed by atoms with Gasteiger partial charge in [0.2, 0.25) is 5.88 Å². The van der Waals surface area contributed by atoms with Gasteiger partial charge >= 0.3 is 11.9 Å². The van der Waals surface area contributed by atoms with E-state index in [1.165, 1.54) is 0 Å². The number of rotatable bonds is 3. The number of aromatic nitrogens is 3. The van der Waals surface area contributed by atoms with Gasteiger partial charge in [0.25, 0.3) is 0 Å². The summed E-state index contributed by atoms with van der Waals surface area (Å²) < 4.78 is 59.4. The lowest BCUT2D eigenvalue weighted by Gasteiger charge is -2.08. The second kappa shape index (κ2) is 5.78. The topological polar surface area (TPSA) is 81.0 Å². The lowest BCUT2D eigenvalue weighted by atomic mass is 10.1. The van der Waals surface area contributed by atoms with Gasteiger partial charge in [-0.25, -0.2) is 19.2 Å². The first-order valence-corrected chi connectivity index (χ1v) is 6.65.